The zero-order valence-electron chi connectivity index (χ0n) is 16.0. The van der Waals surface area contributed by atoms with E-state index in [0.717, 1.165) is 24.3 Å². The van der Waals surface area contributed by atoms with Crippen LogP contribution in [0.4, 0.5) is 15.8 Å². The van der Waals surface area contributed by atoms with E-state index in [9.17, 15) is 14.0 Å². The van der Waals surface area contributed by atoms with E-state index in [1.54, 1.807) is 24.3 Å². The highest BCUT2D eigenvalue weighted by Gasteiger charge is 2.15. The van der Waals surface area contributed by atoms with E-state index >= 15 is 0 Å². The first-order valence-electron chi connectivity index (χ1n) is 9.14. The van der Waals surface area contributed by atoms with Crippen LogP contribution in [0.2, 0.25) is 0 Å². The number of aryl methyl sites for hydroxylation is 1. The highest BCUT2D eigenvalue weighted by Crippen LogP contribution is 2.22. The fraction of sp³-hybridized carbons (Fsp3) is 0.333. The molecule has 6 heteroatoms. The highest BCUT2D eigenvalue weighted by atomic mass is 19.1. The first-order valence-corrected chi connectivity index (χ1v) is 9.14. The van der Waals surface area contributed by atoms with Gasteiger partial charge < -0.3 is 15.5 Å². The summed E-state index contributed by atoms with van der Waals surface area (Å²) in [5, 5.41) is 5.15. The van der Waals surface area contributed by atoms with Gasteiger partial charge in [-0.25, -0.2) is 4.39 Å². The molecule has 0 radical (unpaired) electrons. The number of carbonyl (C=O) groups excluding carboxylic acids is 2. The number of carbonyl (C=O) groups is 2. The van der Waals surface area contributed by atoms with Crippen molar-refractivity contribution in [3.63, 3.8) is 0 Å². The minimum absolute atomic E-state index is 0.188. The van der Waals surface area contributed by atoms with Gasteiger partial charge in [0.05, 0.1) is 0 Å². The Labute approximate surface area is 159 Å². The minimum atomic E-state index is -0.737. The topological polar surface area (TPSA) is 61.4 Å². The number of amides is 2. The van der Waals surface area contributed by atoms with Crippen molar-refractivity contribution in [1.82, 2.24) is 5.32 Å². The third-order valence-electron chi connectivity index (χ3n) is 4.43. The average Bonchev–Trinajstić information content (AvgIpc) is 2.66. The zero-order valence-corrected chi connectivity index (χ0v) is 16.0. The molecule has 5 nitrogen and oxygen atoms in total. The van der Waals surface area contributed by atoms with Gasteiger partial charge in [0, 0.05) is 31.0 Å². The van der Waals surface area contributed by atoms with Crippen molar-refractivity contribution in [3.05, 3.63) is 59.4 Å². The Bertz CT molecular complexity index is 804. The smallest absolute Gasteiger partial charge is 0.313 e. The van der Waals surface area contributed by atoms with Crippen LogP contribution in [-0.4, -0.2) is 31.4 Å². The predicted octanol–water partition coefficient (Wildman–Crippen LogP) is 3.28. The van der Waals surface area contributed by atoms with Gasteiger partial charge in [0.2, 0.25) is 0 Å². The van der Waals surface area contributed by atoms with Gasteiger partial charge in [-0.1, -0.05) is 18.2 Å². The maximum absolute atomic E-state index is 13.5. The molecular weight excluding hydrogens is 345 g/mol. The van der Waals surface area contributed by atoms with Crippen LogP contribution in [0.1, 0.15) is 25.0 Å². The summed E-state index contributed by atoms with van der Waals surface area (Å²) in [6.45, 7) is 8.03. The van der Waals surface area contributed by atoms with Crippen LogP contribution >= 0.6 is 0 Å². The maximum Gasteiger partial charge on any atom is 0.313 e. The van der Waals surface area contributed by atoms with Crippen LogP contribution in [0.3, 0.4) is 0 Å². The highest BCUT2D eigenvalue weighted by molar-refractivity contribution is 6.39. The molecule has 2 rings (SSSR count). The van der Waals surface area contributed by atoms with E-state index in [4.69, 9.17) is 0 Å². The van der Waals surface area contributed by atoms with E-state index in [1.807, 2.05) is 19.1 Å². The maximum atomic E-state index is 13.5. The Morgan fingerprint density at radius 3 is 2.37 bits per heavy atom. The second-order valence-electron chi connectivity index (χ2n) is 6.22. The summed E-state index contributed by atoms with van der Waals surface area (Å²) in [5.41, 5.74) is 3.05. The molecule has 0 unspecified atom stereocenters. The summed E-state index contributed by atoms with van der Waals surface area (Å²) in [5.74, 6) is -1.79. The molecule has 0 atom stereocenters. The summed E-state index contributed by atoms with van der Waals surface area (Å²) in [6.07, 6.45) is 0.323. The molecule has 27 heavy (non-hydrogen) atoms. The standard InChI is InChI=1S/C21H26FN3O2/c1-4-25(5-2)17-10-11-19(15(3)14-17)24-21(27)20(26)23-13-12-16-8-6-7-9-18(16)22/h6-11,14H,4-5,12-13H2,1-3H3,(H,23,26)(H,24,27). The third-order valence-corrected chi connectivity index (χ3v) is 4.43. The molecule has 2 aromatic carbocycles. The molecule has 0 aliphatic carbocycles. The van der Waals surface area contributed by atoms with Crippen LogP contribution in [0, 0.1) is 12.7 Å². The second kappa shape index (κ2) is 9.71. The summed E-state index contributed by atoms with van der Waals surface area (Å²) < 4.78 is 13.5. The molecule has 0 bridgehead atoms. The van der Waals surface area contributed by atoms with Crippen LogP contribution in [0.25, 0.3) is 0 Å². The van der Waals surface area contributed by atoms with Gasteiger partial charge in [-0.15, -0.1) is 0 Å². The lowest BCUT2D eigenvalue weighted by Crippen LogP contribution is -2.36. The molecule has 0 fully saturated rings. The average molecular weight is 371 g/mol. The molecule has 0 aromatic heterocycles. The summed E-state index contributed by atoms with van der Waals surface area (Å²) >= 11 is 0. The number of benzene rings is 2. The Kier molecular flexibility index (Phi) is 7.34. The zero-order chi connectivity index (χ0) is 19.8. The van der Waals surface area contributed by atoms with Crippen molar-refractivity contribution in [1.29, 1.82) is 0 Å². The Balaban J connectivity index is 1.90. The van der Waals surface area contributed by atoms with Crippen molar-refractivity contribution < 1.29 is 14.0 Å². The lowest BCUT2D eigenvalue weighted by Gasteiger charge is -2.22. The van der Waals surface area contributed by atoms with Gasteiger partial charge in [-0.05, 0) is 62.6 Å². The third kappa shape index (κ3) is 5.54. The van der Waals surface area contributed by atoms with Crippen LogP contribution < -0.4 is 15.5 Å². The van der Waals surface area contributed by atoms with Crippen LogP contribution in [-0.2, 0) is 16.0 Å². The number of anilines is 2. The second-order valence-corrected chi connectivity index (χ2v) is 6.22. The van der Waals surface area contributed by atoms with E-state index in [0.29, 0.717) is 17.7 Å². The summed E-state index contributed by atoms with van der Waals surface area (Å²) in [4.78, 5) is 26.3. The van der Waals surface area contributed by atoms with E-state index in [1.165, 1.54) is 6.07 Å². The molecule has 0 spiro atoms. The molecule has 0 heterocycles. The van der Waals surface area contributed by atoms with Crippen molar-refractivity contribution in [2.24, 2.45) is 0 Å². The minimum Gasteiger partial charge on any atom is -0.372 e. The SMILES string of the molecule is CCN(CC)c1ccc(NC(=O)C(=O)NCCc2ccccc2F)c(C)c1. The molecule has 2 amide bonds. The largest absolute Gasteiger partial charge is 0.372 e. The number of hydrogen-bond donors (Lipinski definition) is 2. The molecule has 0 aliphatic heterocycles. The van der Waals surface area contributed by atoms with E-state index in [-0.39, 0.29) is 12.4 Å². The van der Waals surface area contributed by atoms with Crippen molar-refractivity contribution in [3.8, 4) is 0 Å². The molecule has 2 aromatic rings. The summed E-state index contributed by atoms with van der Waals surface area (Å²) in [7, 11) is 0. The number of nitrogens with zero attached hydrogens (tertiary/aromatic N) is 1. The summed E-state index contributed by atoms with van der Waals surface area (Å²) in [6, 6.07) is 12.1. The van der Waals surface area contributed by atoms with E-state index < -0.39 is 11.8 Å². The monoisotopic (exact) mass is 371 g/mol. The first kappa shape index (κ1) is 20.4. The normalized spacial score (nSPS) is 10.4. The van der Waals surface area contributed by atoms with Gasteiger partial charge in [0.25, 0.3) is 0 Å². The van der Waals surface area contributed by atoms with Crippen molar-refractivity contribution in [2.75, 3.05) is 29.9 Å². The Morgan fingerprint density at radius 1 is 1.04 bits per heavy atom. The fourth-order valence-electron chi connectivity index (χ4n) is 2.84. The molecule has 0 aliphatic rings. The number of halogens is 1. The van der Waals surface area contributed by atoms with Gasteiger partial charge >= 0.3 is 11.8 Å². The number of hydrogen-bond acceptors (Lipinski definition) is 3. The van der Waals surface area contributed by atoms with Gasteiger partial charge in [0.15, 0.2) is 0 Å². The lowest BCUT2D eigenvalue weighted by atomic mass is 10.1. The fourth-order valence-corrected chi connectivity index (χ4v) is 2.84. The molecule has 0 saturated carbocycles. The molecule has 144 valence electrons. The van der Waals surface area contributed by atoms with Crippen LogP contribution in [0.15, 0.2) is 42.5 Å². The van der Waals surface area contributed by atoms with Crippen molar-refractivity contribution in [2.45, 2.75) is 27.2 Å². The Morgan fingerprint density at radius 2 is 1.74 bits per heavy atom. The Hall–Kier alpha value is -2.89. The molecular formula is C21H26FN3O2. The van der Waals surface area contributed by atoms with Gasteiger partial charge in [-0.3, -0.25) is 9.59 Å². The van der Waals surface area contributed by atoms with E-state index in [2.05, 4.69) is 29.4 Å². The molecule has 0 saturated heterocycles. The predicted molar refractivity (Wildman–Crippen MR) is 106 cm³/mol. The van der Waals surface area contributed by atoms with Gasteiger partial charge in [0.1, 0.15) is 5.82 Å². The van der Waals surface area contributed by atoms with Crippen molar-refractivity contribution >= 4 is 23.2 Å². The van der Waals surface area contributed by atoms with Gasteiger partial charge in [-0.2, -0.15) is 0 Å². The molecule has 2 N–H and O–H groups in total. The lowest BCUT2D eigenvalue weighted by molar-refractivity contribution is -0.136. The number of rotatable bonds is 7. The van der Waals surface area contributed by atoms with Crippen LogP contribution in [0.5, 0.6) is 0 Å². The first-order chi connectivity index (χ1) is 13.0. The quantitative estimate of drug-likeness (QED) is 0.735. The number of nitrogens with one attached hydrogen (secondary N) is 2.